The SMILES string of the molecule is CC1=C/C=C(\C)C/C(=C/C=O)C(=O)\C=C\1C. The smallest absolute Gasteiger partial charge is 0.182 e. The number of hydrogen-bond acceptors (Lipinski definition) is 2. The van der Waals surface area contributed by atoms with Gasteiger partial charge in [-0.2, -0.15) is 0 Å². The summed E-state index contributed by atoms with van der Waals surface area (Å²) in [5.74, 6) is -0.0769. The lowest BCUT2D eigenvalue weighted by molar-refractivity contribution is -0.112. The highest BCUT2D eigenvalue weighted by molar-refractivity contribution is 6.06. The molecule has 0 bridgehead atoms. The Morgan fingerprint density at radius 3 is 2.44 bits per heavy atom. The molecule has 0 radical (unpaired) electrons. The molecule has 16 heavy (non-hydrogen) atoms. The molecule has 2 heteroatoms. The van der Waals surface area contributed by atoms with Crippen molar-refractivity contribution in [1.29, 1.82) is 0 Å². The van der Waals surface area contributed by atoms with Crippen LogP contribution in [0.2, 0.25) is 0 Å². The van der Waals surface area contributed by atoms with Crippen LogP contribution >= 0.6 is 0 Å². The molecule has 2 nitrogen and oxygen atoms in total. The second-order valence-electron chi connectivity index (χ2n) is 4.06. The Balaban J connectivity index is 3.22. The van der Waals surface area contributed by atoms with Gasteiger partial charge in [0.15, 0.2) is 5.78 Å². The molecule has 1 aliphatic rings. The topological polar surface area (TPSA) is 34.1 Å². The van der Waals surface area contributed by atoms with E-state index in [4.69, 9.17) is 0 Å². The first-order valence-corrected chi connectivity index (χ1v) is 5.26. The summed E-state index contributed by atoms with van der Waals surface area (Å²) in [4.78, 5) is 22.3. The van der Waals surface area contributed by atoms with E-state index in [0.29, 0.717) is 18.3 Å². The molecular formula is C14H16O2. The summed E-state index contributed by atoms with van der Waals surface area (Å²) in [6.07, 6.45) is 8.13. The van der Waals surface area contributed by atoms with E-state index in [9.17, 15) is 9.59 Å². The zero-order valence-electron chi connectivity index (χ0n) is 9.91. The maximum Gasteiger partial charge on any atom is 0.182 e. The molecule has 0 atom stereocenters. The number of allylic oxidation sites excluding steroid dienone is 8. The van der Waals surface area contributed by atoms with Crippen LogP contribution in [0.5, 0.6) is 0 Å². The zero-order chi connectivity index (χ0) is 12.1. The lowest BCUT2D eigenvalue weighted by atomic mass is 10.0. The van der Waals surface area contributed by atoms with Crippen LogP contribution in [0, 0.1) is 0 Å². The summed E-state index contributed by atoms with van der Waals surface area (Å²) in [6, 6.07) is 0. The molecule has 0 saturated carbocycles. The standard InChI is InChI=1S/C14H16O2/c1-10-4-5-11(2)12(3)9-14(16)13(8-10)6-7-15/h4-7,9H,8H2,1-3H3/b10-4+,11-5-,12-9+,13-6-. The van der Waals surface area contributed by atoms with Gasteiger partial charge in [-0.05, 0) is 50.5 Å². The Labute approximate surface area is 96.0 Å². The Bertz CT molecular complexity index is 432. The van der Waals surface area contributed by atoms with Crippen LogP contribution in [-0.2, 0) is 9.59 Å². The van der Waals surface area contributed by atoms with Crippen molar-refractivity contribution in [3.8, 4) is 0 Å². The lowest BCUT2D eigenvalue weighted by Gasteiger charge is -2.02. The molecule has 1 aliphatic carbocycles. The molecule has 0 spiro atoms. The third-order valence-electron chi connectivity index (χ3n) is 2.64. The van der Waals surface area contributed by atoms with E-state index in [0.717, 1.165) is 16.7 Å². The molecule has 0 amide bonds. The highest BCUT2D eigenvalue weighted by Gasteiger charge is 2.09. The summed E-state index contributed by atoms with van der Waals surface area (Å²) in [6.45, 7) is 5.82. The van der Waals surface area contributed by atoms with E-state index < -0.39 is 0 Å². The Hall–Kier alpha value is -1.70. The van der Waals surface area contributed by atoms with Crippen LogP contribution < -0.4 is 0 Å². The van der Waals surface area contributed by atoms with E-state index in [1.54, 1.807) is 6.08 Å². The summed E-state index contributed by atoms with van der Waals surface area (Å²) in [7, 11) is 0. The van der Waals surface area contributed by atoms with Gasteiger partial charge in [0.2, 0.25) is 0 Å². The highest BCUT2D eigenvalue weighted by Crippen LogP contribution is 2.18. The van der Waals surface area contributed by atoms with Crippen LogP contribution in [0.4, 0.5) is 0 Å². The average molecular weight is 216 g/mol. The predicted octanol–water partition coefficient (Wildman–Crippen LogP) is 2.92. The van der Waals surface area contributed by atoms with Crippen LogP contribution in [0.1, 0.15) is 27.2 Å². The number of carbonyl (C=O) groups is 2. The van der Waals surface area contributed by atoms with E-state index >= 15 is 0 Å². The minimum atomic E-state index is -0.0769. The van der Waals surface area contributed by atoms with E-state index in [1.807, 2.05) is 32.9 Å². The number of carbonyl (C=O) groups excluding carboxylic acids is 2. The fourth-order valence-electron chi connectivity index (χ4n) is 1.47. The van der Waals surface area contributed by atoms with E-state index in [1.165, 1.54) is 6.08 Å². The van der Waals surface area contributed by atoms with Gasteiger partial charge in [-0.3, -0.25) is 9.59 Å². The minimum Gasteiger partial charge on any atom is -0.299 e. The number of hydrogen-bond donors (Lipinski definition) is 0. The van der Waals surface area contributed by atoms with Gasteiger partial charge in [0.05, 0.1) is 0 Å². The van der Waals surface area contributed by atoms with Crippen LogP contribution in [-0.4, -0.2) is 12.1 Å². The summed E-state index contributed by atoms with van der Waals surface area (Å²) < 4.78 is 0. The normalized spacial score (nSPS) is 30.1. The zero-order valence-corrected chi connectivity index (χ0v) is 9.91. The van der Waals surface area contributed by atoms with Crippen molar-refractivity contribution in [3.05, 3.63) is 46.6 Å². The molecule has 0 aromatic heterocycles. The number of rotatable bonds is 1. The van der Waals surface area contributed by atoms with E-state index in [-0.39, 0.29) is 5.78 Å². The monoisotopic (exact) mass is 216 g/mol. The number of aldehydes is 1. The largest absolute Gasteiger partial charge is 0.299 e. The summed E-state index contributed by atoms with van der Waals surface area (Å²) in [5, 5.41) is 0. The quantitative estimate of drug-likeness (QED) is 0.499. The average Bonchev–Trinajstić information content (AvgIpc) is 2.27. The molecule has 0 aromatic rings. The lowest BCUT2D eigenvalue weighted by Crippen LogP contribution is -2.01. The first kappa shape index (κ1) is 12.4. The molecule has 0 aromatic carbocycles. The van der Waals surface area contributed by atoms with Gasteiger partial charge in [0.25, 0.3) is 0 Å². The maximum absolute atomic E-state index is 11.9. The van der Waals surface area contributed by atoms with Crippen molar-refractivity contribution < 1.29 is 9.59 Å². The summed E-state index contributed by atoms with van der Waals surface area (Å²) in [5.41, 5.74) is 3.63. The van der Waals surface area contributed by atoms with Gasteiger partial charge >= 0.3 is 0 Å². The van der Waals surface area contributed by atoms with Gasteiger partial charge in [-0.1, -0.05) is 17.7 Å². The van der Waals surface area contributed by atoms with Gasteiger partial charge in [0, 0.05) is 5.57 Å². The van der Waals surface area contributed by atoms with Crippen LogP contribution in [0.3, 0.4) is 0 Å². The molecule has 1 rings (SSSR count). The summed E-state index contributed by atoms with van der Waals surface area (Å²) >= 11 is 0. The Morgan fingerprint density at radius 2 is 1.81 bits per heavy atom. The molecule has 0 fully saturated rings. The van der Waals surface area contributed by atoms with Crippen molar-refractivity contribution in [3.63, 3.8) is 0 Å². The molecule has 0 unspecified atom stereocenters. The molecule has 0 saturated heterocycles. The van der Waals surface area contributed by atoms with Gasteiger partial charge in [0.1, 0.15) is 6.29 Å². The van der Waals surface area contributed by atoms with Crippen molar-refractivity contribution >= 4 is 12.1 Å². The van der Waals surface area contributed by atoms with E-state index in [2.05, 4.69) is 0 Å². The molecule has 0 aliphatic heterocycles. The maximum atomic E-state index is 11.9. The van der Waals surface area contributed by atoms with Crippen LogP contribution in [0.15, 0.2) is 46.6 Å². The number of ketones is 1. The fraction of sp³-hybridized carbons (Fsp3) is 0.286. The van der Waals surface area contributed by atoms with Crippen molar-refractivity contribution in [2.45, 2.75) is 27.2 Å². The third-order valence-corrected chi connectivity index (χ3v) is 2.64. The highest BCUT2D eigenvalue weighted by atomic mass is 16.1. The Morgan fingerprint density at radius 1 is 1.12 bits per heavy atom. The second-order valence-corrected chi connectivity index (χ2v) is 4.06. The predicted molar refractivity (Wildman–Crippen MR) is 65.0 cm³/mol. The molecular weight excluding hydrogens is 200 g/mol. The first-order valence-electron chi connectivity index (χ1n) is 5.26. The van der Waals surface area contributed by atoms with Crippen LogP contribution in [0.25, 0.3) is 0 Å². The second kappa shape index (κ2) is 5.40. The van der Waals surface area contributed by atoms with Gasteiger partial charge in [-0.15, -0.1) is 0 Å². The van der Waals surface area contributed by atoms with Crippen molar-refractivity contribution in [1.82, 2.24) is 0 Å². The molecule has 0 heterocycles. The van der Waals surface area contributed by atoms with Crippen molar-refractivity contribution in [2.75, 3.05) is 0 Å². The third kappa shape index (κ3) is 3.16. The van der Waals surface area contributed by atoms with Crippen molar-refractivity contribution in [2.24, 2.45) is 0 Å². The molecule has 0 N–H and O–H groups in total. The van der Waals surface area contributed by atoms with Gasteiger partial charge < -0.3 is 0 Å². The Kier molecular flexibility index (Phi) is 4.18. The minimum absolute atomic E-state index is 0.0769. The van der Waals surface area contributed by atoms with Gasteiger partial charge in [-0.25, -0.2) is 0 Å². The first-order chi connectivity index (χ1) is 7.54. The fourth-order valence-corrected chi connectivity index (χ4v) is 1.47. The molecule has 84 valence electrons.